The summed E-state index contributed by atoms with van der Waals surface area (Å²) in [4.78, 5) is 15.6. The lowest BCUT2D eigenvalue weighted by Crippen LogP contribution is -2.37. The molecule has 2 aromatic heterocycles. The largest absolute Gasteiger partial charge is 0.479 e. The number of hydrogen-bond acceptors (Lipinski definition) is 7. The van der Waals surface area contributed by atoms with Crippen LogP contribution in [0.3, 0.4) is 0 Å². The molecule has 3 aromatic rings. The smallest absolute Gasteiger partial charge is 0.419 e. The molecule has 5 rings (SSSR count). The number of hydrogen-bond donors (Lipinski definition) is 1. The SMILES string of the molecule is COc1nc2nc(C)nc(N[C@H](C)c3cccc(C(F)(F)F)c3F)c2cc1N1C[C@H]2C[C@@H]1CO2. The number of aryl methyl sites for hydroxylation is 1. The molecule has 34 heavy (non-hydrogen) atoms. The average Bonchev–Trinajstić information content (AvgIpc) is 3.41. The summed E-state index contributed by atoms with van der Waals surface area (Å²) >= 11 is 0. The van der Waals surface area contributed by atoms with Gasteiger partial charge < -0.3 is 19.7 Å². The van der Waals surface area contributed by atoms with Crippen molar-refractivity contribution in [1.82, 2.24) is 15.0 Å². The highest BCUT2D eigenvalue weighted by molar-refractivity contribution is 5.90. The first-order chi connectivity index (χ1) is 16.2. The molecule has 1 aromatic carbocycles. The number of nitrogens with one attached hydrogen (secondary N) is 1. The lowest BCUT2D eigenvalue weighted by atomic mass is 10.0. The van der Waals surface area contributed by atoms with Gasteiger partial charge in [-0.2, -0.15) is 18.2 Å². The second-order valence-electron chi connectivity index (χ2n) is 8.58. The number of fused-ring (bicyclic) bond motifs is 3. The fraction of sp³-hybridized carbons (Fsp3) is 0.435. The molecule has 0 unspecified atom stereocenters. The van der Waals surface area contributed by atoms with E-state index in [2.05, 4.69) is 25.2 Å². The lowest BCUT2D eigenvalue weighted by Gasteiger charge is -2.30. The van der Waals surface area contributed by atoms with E-state index in [1.54, 1.807) is 13.8 Å². The Labute approximate surface area is 193 Å². The van der Waals surface area contributed by atoms with E-state index in [0.29, 0.717) is 41.7 Å². The maximum absolute atomic E-state index is 14.7. The van der Waals surface area contributed by atoms with Crippen molar-refractivity contribution in [3.05, 3.63) is 47.0 Å². The van der Waals surface area contributed by atoms with Crippen LogP contribution in [0.2, 0.25) is 0 Å². The average molecular weight is 477 g/mol. The van der Waals surface area contributed by atoms with Crippen LogP contribution in [0.1, 0.15) is 36.3 Å². The normalized spacial score (nSPS) is 20.7. The molecule has 180 valence electrons. The van der Waals surface area contributed by atoms with Crippen molar-refractivity contribution in [2.24, 2.45) is 0 Å². The molecule has 2 saturated heterocycles. The summed E-state index contributed by atoms with van der Waals surface area (Å²) in [7, 11) is 1.54. The van der Waals surface area contributed by atoms with Gasteiger partial charge in [0, 0.05) is 12.1 Å². The number of rotatable bonds is 5. The molecule has 0 saturated carbocycles. The van der Waals surface area contributed by atoms with Crippen molar-refractivity contribution in [1.29, 1.82) is 0 Å². The molecule has 0 amide bonds. The van der Waals surface area contributed by atoms with Crippen LogP contribution < -0.4 is 15.0 Å². The molecule has 2 aliphatic rings. The third-order valence-electron chi connectivity index (χ3n) is 6.30. The first kappa shape index (κ1) is 22.6. The number of morpholine rings is 1. The molecule has 1 N–H and O–H groups in total. The fourth-order valence-corrected chi connectivity index (χ4v) is 4.68. The monoisotopic (exact) mass is 477 g/mol. The van der Waals surface area contributed by atoms with E-state index in [4.69, 9.17) is 9.47 Å². The summed E-state index contributed by atoms with van der Waals surface area (Å²) in [5.41, 5.74) is -0.288. The lowest BCUT2D eigenvalue weighted by molar-refractivity contribution is -0.140. The number of methoxy groups -OCH3 is 1. The van der Waals surface area contributed by atoms with Crippen molar-refractivity contribution in [2.75, 3.05) is 30.5 Å². The standard InChI is InChI=1S/C23H23F4N5O2/c1-11(15-5-4-6-17(19(15)24)23(25,26)27)28-20-16-8-18(32-9-14-7-13(32)10-34-14)22(33-3)31-21(16)30-12(2)29-20/h4-6,8,11,13-14H,7,9-10H2,1-3H3,(H,28,29,30,31)/t11-,13-,14-/m1/s1. The first-order valence-electron chi connectivity index (χ1n) is 10.9. The first-order valence-corrected chi connectivity index (χ1v) is 10.9. The van der Waals surface area contributed by atoms with Crippen molar-refractivity contribution >= 4 is 22.5 Å². The molecule has 7 nitrogen and oxygen atoms in total. The second-order valence-corrected chi connectivity index (χ2v) is 8.58. The van der Waals surface area contributed by atoms with Crippen molar-refractivity contribution in [2.45, 2.75) is 44.6 Å². The summed E-state index contributed by atoms with van der Waals surface area (Å²) in [6.07, 6.45) is -3.71. The van der Waals surface area contributed by atoms with Crippen molar-refractivity contribution in [3.8, 4) is 5.88 Å². The Bertz CT molecular complexity index is 1250. The Morgan fingerprint density at radius 1 is 1.24 bits per heavy atom. The van der Waals surface area contributed by atoms with Crippen LogP contribution in [0.5, 0.6) is 5.88 Å². The van der Waals surface area contributed by atoms with Gasteiger partial charge in [0.25, 0.3) is 0 Å². The number of alkyl halides is 3. The number of benzene rings is 1. The number of pyridine rings is 1. The Morgan fingerprint density at radius 2 is 2.03 bits per heavy atom. The predicted octanol–water partition coefficient (Wildman–Crippen LogP) is 4.65. The van der Waals surface area contributed by atoms with Gasteiger partial charge in [0.2, 0.25) is 5.88 Å². The molecule has 2 bridgehead atoms. The van der Waals surface area contributed by atoms with Gasteiger partial charge in [-0.3, -0.25) is 0 Å². The van der Waals surface area contributed by atoms with Gasteiger partial charge in [-0.15, -0.1) is 0 Å². The zero-order chi connectivity index (χ0) is 24.2. The van der Waals surface area contributed by atoms with E-state index in [-0.39, 0.29) is 17.7 Å². The topological polar surface area (TPSA) is 72.4 Å². The van der Waals surface area contributed by atoms with Gasteiger partial charge >= 0.3 is 6.18 Å². The Balaban J connectivity index is 1.55. The minimum atomic E-state index is -4.79. The highest BCUT2D eigenvalue weighted by atomic mass is 19.4. The van der Waals surface area contributed by atoms with Gasteiger partial charge in [0.1, 0.15) is 23.1 Å². The molecule has 2 fully saturated rings. The van der Waals surface area contributed by atoms with Crippen molar-refractivity contribution < 1.29 is 27.0 Å². The van der Waals surface area contributed by atoms with Crippen LogP contribution >= 0.6 is 0 Å². The predicted molar refractivity (Wildman–Crippen MR) is 118 cm³/mol. The van der Waals surface area contributed by atoms with E-state index in [9.17, 15) is 17.6 Å². The molecule has 0 radical (unpaired) electrons. The molecule has 0 aliphatic carbocycles. The minimum Gasteiger partial charge on any atom is -0.479 e. The highest BCUT2D eigenvalue weighted by Crippen LogP contribution is 2.40. The van der Waals surface area contributed by atoms with Crippen LogP contribution in [-0.2, 0) is 10.9 Å². The summed E-state index contributed by atoms with van der Waals surface area (Å²) in [5, 5.41) is 3.63. The van der Waals surface area contributed by atoms with E-state index in [1.807, 2.05) is 6.07 Å². The fourth-order valence-electron chi connectivity index (χ4n) is 4.68. The Hall–Kier alpha value is -3.21. The molecule has 11 heteroatoms. The van der Waals surface area contributed by atoms with Gasteiger partial charge in [-0.1, -0.05) is 12.1 Å². The van der Waals surface area contributed by atoms with Gasteiger partial charge in [0.05, 0.1) is 42.9 Å². The molecular weight excluding hydrogens is 454 g/mol. The summed E-state index contributed by atoms with van der Waals surface area (Å²) in [6.45, 7) is 4.58. The molecule has 2 aliphatic heterocycles. The minimum absolute atomic E-state index is 0.116. The van der Waals surface area contributed by atoms with Crippen LogP contribution in [0.4, 0.5) is 29.1 Å². The van der Waals surface area contributed by atoms with Gasteiger partial charge in [0.15, 0.2) is 5.65 Å². The zero-order valence-corrected chi connectivity index (χ0v) is 18.8. The Kier molecular flexibility index (Phi) is 5.46. The zero-order valence-electron chi connectivity index (χ0n) is 18.8. The van der Waals surface area contributed by atoms with Crippen LogP contribution in [0.15, 0.2) is 24.3 Å². The maximum atomic E-state index is 14.7. The van der Waals surface area contributed by atoms with Crippen LogP contribution in [0, 0.1) is 12.7 Å². The quantitative estimate of drug-likeness (QED) is 0.537. The molecule has 4 heterocycles. The van der Waals surface area contributed by atoms with E-state index in [1.165, 1.54) is 19.2 Å². The summed E-state index contributed by atoms with van der Waals surface area (Å²) in [5.74, 6) is -0.133. The van der Waals surface area contributed by atoms with Gasteiger partial charge in [-0.05, 0) is 32.4 Å². The van der Waals surface area contributed by atoms with Gasteiger partial charge in [-0.25, -0.2) is 14.4 Å². The number of nitrogens with zero attached hydrogens (tertiary/aromatic N) is 4. The Morgan fingerprint density at radius 3 is 2.68 bits per heavy atom. The van der Waals surface area contributed by atoms with E-state index >= 15 is 0 Å². The number of aromatic nitrogens is 3. The van der Waals surface area contributed by atoms with E-state index in [0.717, 1.165) is 18.2 Å². The van der Waals surface area contributed by atoms with Crippen LogP contribution in [0.25, 0.3) is 11.0 Å². The van der Waals surface area contributed by atoms with E-state index < -0.39 is 23.6 Å². The summed E-state index contributed by atoms with van der Waals surface area (Å²) in [6, 6.07) is 4.51. The van der Waals surface area contributed by atoms with Crippen molar-refractivity contribution in [3.63, 3.8) is 0 Å². The molecule has 0 spiro atoms. The molecular formula is C23H23F4N5O2. The maximum Gasteiger partial charge on any atom is 0.419 e. The highest BCUT2D eigenvalue weighted by Gasteiger charge is 2.40. The third kappa shape index (κ3) is 3.87. The third-order valence-corrected chi connectivity index (χ3v) is 6.30. The molecule has 3 atom stereocenters. The van der Waals surface area contributed by atoms with Crippen LogP contribution in [-0.4, -0.2) is 47.4 Å². The summed E-state index contributed by atoms with van der Waals surface area (Å²) < 4.78 is 65.5. The second kappa shape index (κ2) is 8.23. The number of halogens is 4. The number of ether oxygens (including phenoxy) is 2. The number of anilines is 2.